The number of benzene rings is 2. The summed E-state index contributed by atoms with van der Waals surface area (Å²) >= 11 is 0. The quantitative estimate of drug-likeness (QED) is 0.874. The van der Waals surface area contributed by atoms with Crippen LogP contribution in [0.1, 0.15) is 33.6 Å². The number of carbonyl (C=O) groups excluding carboxylic acids is 3. The molecule has 0 radical (unpaired) electrons. The molecule has 2 aromatic carbocycles. The molecule has 1 saturated heterocycles. The fourth-order valence-electron chi connectivity index (χ4n) is 3.15. The number of hydrogen-bond donors (Lipinski definition) is 1. The fourth-order valence-corrected chi connectivity index (χ4v) is 3.15. The molecule has 2 aromatic rings. The van der Waals surface area contributed by atoms with E-state index in [4.69, 9.17) is 4.74 Å². The molecular weight excluding hydrogens is 320 g/mol. The standard InChI is InChI=1S/C19H16N2O4/c22-17(16-9-4-10-25-16)20-12-5-3-6-13(11-12)21-18(23)14-7-1-2-8-15(14)19(21)24/h1-3,5-8,11,16H,4,9-10H2,(H,20,22)/t16-/m1/s1. The van der Waals surface area contributed by atoms with Crippen LogP contribution in [0.3, 0.4) is 0 Å². The number of nitrogens with one attached hydrogen (secondary N) is 1. The third-order valence-corrected chi connectivity index (χ3v) is 4.39. The van der Waals surface area contributed by atoms with Crippen molar-refractivity contribution in [3.8, 4) is 0 Å². The summed E-state index contributed by atoms with van der Waals surface area (Å²) in [5.41, 5.74) is 1.73. The molecule has 0 spiro atoms. The van der Waals surface area contributed by atoms with Gasteiger partial charge < -0.3 is 10.1 Å². The van der Waals surface area contributed by atoms with E-state index in [9.17, 15) is 14.4 Å². The van der Waals surface area contributed by atoms with E-state index in [-0.39, 0.29) is 17.7 Å². The second-order valence-corrected chi connectivity index (χ2v) is 6.03. The summed E-state index contributed by atoms with van der Waals surface area (Å²) in [7, 11) is 0. The first-order valence-corrected chi connectivity index (χ1v) is 8.15. The van der Waals surface area contributed by atoms with Gasteiger partial charge in [-0.3, -0.25) is 14.4 Å². The lowest BCUT2D eigenvalue weighted by molar-refractivity contribution is -0.124. The van der Waals surface area contributed by atoms with Gasteiger partial charge in [0, 0.05) is 12.3 Å². The maximum absolute atomic E-state index is 12.5. The highest BCUT2D eigenvalue weighted by atomic mass is 16.5. The molecule has 0 unspecified atom stereocenters. The Morgan fingerprint density at radius 2 is 1.76 bits per heavy atom. The molecule has 1 atom stereocenters. The lowest BCUT2D eigenvalue weighted by atomic mass is 10.1. The normalized spacial score (nSPS) is 19.2. The van der Waals surface area contributed by atoms with Crippen LogP contribution >= 0.6 is 0 Å². The lowest BCUT2D eigenvalue weighted by Gasteiger charge is -2.16. The molecule has 6 nitrogen and oxygen atoms in total. The predicted octanol–water partition coefficient (Wildman–Crippen LogP) is 2.60. The van der Waals surface area contributed by atoms with Crippen LogP contribution in [0.2, 0.25) is 0 Å². The zero-order valence-corrected chi connectivity index (χ0v) is 13.4. The maximum Gasteiger partial charge on any atom is 0.266 e. The van der Waals surface area contributed by atoms with Gasteiger partial charge >= 0.3 is 0 Å². The van der Waals surface area contributed by atoms with Gasteiger partial charge in [0.2, 0.25) is 0 Å². The van der Waals surface area contributed by atoms with Gasteiger partial charge in [0.1, 0.15) is 6.10 Å². The van der Waals surface area contributed by atoms with Crippen molar-refractivity contribution in [3.63, 3.8) is 0 Å². The first kappa shape index (κ1) is 15.5. The van der Waals surface area contributed by atoms with Crippen LogP contribution in [0.15, 0.2) is 48.5 Å². The Kier molecular flexibility index (Phi) is 3.82. The number of imide groups is 1. The smallest absolute Gasteiger partial charge is 0.266 e. The number of amides is 3. The second kappa shape index (κ2) is 6.14. The van der Waals surface area contributed by atoms with E-state index in [0.29, 0.717) is 35.5 Å². The first-order chi connectivity index (χ1) is 12.1. The van der Waals surface area contributed by atoms with Gasteiger partial charge in [0.15, 0.2) is 0 Å². The molecule has 0 aliphatic carbocycles. The summed E-state index contributed by atoms with van der Waals surface area (Å²) in [6.45, 7) is 0.590. The molecule has 2 heterocycles. The molecular formula is C19H16N2O4. The monoisotopic (exact) mass is 336 g/mol. The molecule has 25 heavy (non-hydrogen) atoms. The fraction of sp³-hybridized carbons (Fsp3) is 0.211. The van der Waals surface area contributed by atoms with E-state index >= 15 is 0 Å². The Balaban J connectivity index is 1.59. The van der Waals surface area contributed by atoms with Gasteiger partial charge in [-0.25, -0.2) is 4.90 Å². The third kappa shape index (κ3) is 2.70. The van der Waals surface area contributed by atoms with Crippen molar-refractivity contribution in [2.24, 2.45) is 0 Å². The highest BCUT2D eigenvalue weighted by Crippen LogP contribution is 2.29. The average molecular weight is 336 g/mol. The van der Waals surface area contributed by atoms with Crippen LogP contribution < -0.4 is 10.2 Å². The molecule has 0 bridgehead atoms. The largest absolute Gasteiger partial charge is 0.368 e. The Hall–Kier alpha value is -2.99. The summed E-state index contributed by atoms with van der Waals surface area (Å²) in [5, 5.41) is 2.79. The summed E-state index contributed by atoms with van der Waals surface area (Å²) in [6.07, 6.45) is 1.12. The van der Waals surface area contributed by atoms with Crippen molar-refractivity contribution in [1.29, 1.82) is 0 Å². The molecule has 2 aliphatic heterocycles. The first-order valence-electron chi connectivity index (χ1n) is 8.15. The molecule has 1 N–H and O–H groups in total. The number of hydrogen-bond acceptors (Lipinski definition) is 4. The van der Waals surface area contributed by atoms with Gasteiger partial charge in [-0.05, 0) is 43.2 Å². The van der Waals surface area contributed by atoms with Crippen LogP contribution in [0.25, 0.3) is 0 Å². The Labute approximate surface area is 144 Å². The molecule has 2 aliphatic rings. The number of ether oxygens (including phenoxy) is 1. The highest BCUT2D eigenvalue weighted by molar-refractivity contribution is 6.34. The average Bonchev–Trinajstić information content (AvgIpc) is 3.24. The third-order valence-electron chi connectivity index (χ3n) is 4.39. The zero-order valence-electron chi connectivity index (χ0n) is 13.4. The number of rotatable bonds is 3. The Morgan fingerprint density at radius 3 is 2.40 bits per heavy atom. The highest BCUT2D eigenvalue weighted by Gasteiger charge is 2.36. The van der Waals surface area contributed by atoms with Crippen LogP contribution in [-0.4, -0.2) is 30.4 Å². The number of carbonyl (C=O) groups is 3. The molecule has 4 rings (SSSR count). The van der Waals surface area contributed by atoms with Crippen molar-refractivity contribution in [2.45, 2.75) is 18.9 Å². The maximum atomic E-state index is 12.5. The van der Waals surface area contributed by atoms with E-state index in [1.54, 1.807) is 48.5 Å². The summed E-state index contributed by atoms with van der Waals surface area (Å²) < 4.78 is 5.36. The van der Waals surface area contributed by atoms with Crippen molar-refractivity contribution in [3.05, 3.63) is 59.7 Å². The van der Waals surface area contributed by atoms with Gasteiger partial charge in [0.25, 0.3) is 17.7 Å². The van der Waals surface area contributed by atoms with Crippen LogP contribution in [-0.2, 0) is 9.53 Å². The number of anilines is 2. The SMILES string of the molecule is O=C(Nc1cccc(N2C(=O)c3ccccc3C2=O)c1)[C@H]1CCCO1. The van der Waals surface area contributed by atoms with Gasteiger partial charge in [-0.2, -0.15) is 0 Å². The topological polar surface area (TPSA) is 75.7 Å². The van der Waals surface area contributed by atoms with E-state index in [1.165, 1.54) is 0 Å². The minimum atomic E-state index is -0.442. The van der Waals surface area contributed by atoms with E-state index in [0.717, 1.165) is 11.3 Å². The zero-order chi connectivity index (χ0) is 17.4. The Bertz CT molecular complexity index is 836. The summed E-state index contributed by atoms with van der Waals surface area (Å²) in [5.74, 6) is -0.927. The summed E-state index contributed by atoms with van der Waals surface area (Å²) in [6, 6.07) is 13.4. The molecule has 3 amide bonds. The molecule has 0 saturated carbocycles. The van der Waals surface area contributed by atoms with Crippen molar-refractivity contribution < 1.29 is 19.1 Å². The van der Waals surface area contributed by atoms with Crippen LogP contribution in [0.5, 0.6) is 0 Å². The molecule has 1 fully saturated rings. The van der Waals surface area contributed by atoms with Crippen LogP contribution in [0.4, 0.5) is 11.4 Å². The second-order valence-electron chi connectivity index (χ2n) is 6.03. The van der Waals surface area contributed by atoms with Gasteiger partial charge in [-0.1, -0.05) is 18.2 Å². The molecule has 0 aromatic heterocycles. The minimum absolute atomic E-state index is 0.211. The van der Waals surface area contributed by atoms with Crippen molar-refractivity contribution in [1.82, 2.24) is 0 Å². The van der Waals surface area contributed by atoms with Crippen molar-refractivity contribution >= 4 is 29.1 Å². The van der Waals surface area contributed by atoms with E-state index in [2.05, 4.69) is 5.32 Å². The van der Waals surface area contributed by atoms with Crippen molar-refractivity contribution in [2.75, 3.05) is 16.8 Å². The number of fused-ring (bicyclic) bond motifs is 1. The molecule has 6 heteroatoms. The number of nitrogens with zero attached hydrogens (tertiary/aromatic N) is 1. The summed E-state index contributed by atoms with van der Waals surface area (Å²) in [4.78, 5) is 38.4. The van der Waals surface area contributed by atoms with E-state index < -0.39 is 6.10 Å². The Morgan fingerprint density at radius 1 is 1.04 bits per heavy atom. The lowest BCUT2D eigenvalue weighted by Crippen LogP contribution is -2.30. The van der Waals surface area contributed by atoms with Gasteiger partial charge in [0.05, 0.1) is 16.8 Å². The predicted molar refractivity (Wildman–Crippen MR) is 91.6 cm³/mol. The van der Waals surface area contributed by atoms with Gasteiger partial charge in [-0.15, -0.1) is 0 Å². The van der Waals surface area contributed by atoms with Crippen LogP contribution in [0, 0.1) is 0 Å². The minimum Gasteiger partial charge on any atom is -0.368 e. The van der Waals surface area contributed by atoms with E-state index in [1.807, 2.05) is 0 Å². The molecule has 126 valence electrons.